The number of benzene rings is 2. The molecule has 0 aliphatic rings. The maximum absolute atomic E-state index is 10.7. The Morgan fingerprint density at radius 1 is 1.00 bits per heavy atom. The molecule has 0 radical (unpaired) electrons. The van der Waals surface area contributed by atoms with Gasteiger partial charge in [0.05, 0.1) is 10.3 Å². The molecule has 0 aliphatic heterocycles. The quantitative estimate of drug-likeness (QED) is 0.469. The highest BCUT2D eigenvalue weighted by atomic mass is 35.5. The summed E-state index contributed by atoms with van der Waals surface area (Å²) in [6, 6.07) is 15.9. The van der Waals surface area contributed by atoms with Crippen molar-refractivity contribution in [3.8, 4) is 0 Å². The molecule has 0 saturated carbocycles. The molecule has 0 aromatic heterocycles. The summed E-state index contributed by atoms with van der Waals surface area (Å²) in [4.78, 5) is 10.3. The minimum atomic E-state index is -0.419. The van der Waals surface area contributed by atoms with Crippen LogP contribution in [0.1, 0.15) is 16.5 Å². The van der Waals surface area contributed by atoms with E-state index in [4.69, 9.17) is 11.6 Å². The highest BCUT2D eigenvalue weighted by Crippen LogP contribution is 2.30. The lowest BCUT2D eigenvalue weighted by Crippen LogP contribution is -1.95. The molecule has 0 aliphatic carbocycles. The van der Waals surface area contributed by atoms with Crippen LogP contribution in [0.4, 0.5) is 5.69 Å². The van der Waals surface area contributed by atoms with Gasteiger partial charge >= 0.3 is 0 Å². The Hall–Kier alpha value is -1.87. The molecule has 2 rings (SSSR count). The van der Waals surface area contributed by atoms with Gasteiger partial charge in [-0.05, 0) is 11.1 Å². The van der Waals surface area contributed by atoms with Crippen molar-refractivity contribution in [2.75, 3.05) is 0 Å². The van der Waals surface area contributed by atoms with Gasteiger partial charge in [-0.2, -0.15) is 0 Å². The van der Waals surface area contributed by atoms with Crippen molar-refractivity contribution in [2.45, 2.75) is 5.38 Å². The van der Waals surface area contributed by atoms with E-state index in [0.29, 0.717) is 0 Å². The summed E-state index contributed by atoms with van der Waals surface area (Å²) < 4.78 is 0. The molecule has 0 bridgehead atoms. The van der Waals surface area contributed by atoms with Crippen molar-refractivity contribution in [3.05, 3.63) is 75.8 Å². The predicted molar refractivity (Wildman–Crippen MR) is 67.2 cm³/mol. The summed E-state index contributed by atoms with van der Waals surface area (Å²) in [5.41, 5.74) is 1.71. The Kier molecular flexibility index (Phi) is 3.40. The Morgan fingerprint density at radius 3 is 2.29 bits per heavy atom. The van der Waals surface area contributed by atoms with Crippen molar-refractivity contribution >= 4 is 17.3 Å². The zero-order valence-electron chi connectivity index (χ0n) is 8.92. The number of alkyl halides is 1. The number of nitro groups is 1. The van der Waals surface area contributed by atoms with Crippen molar-refractivity contribution in [3.63, 3.8) is 0 Å². The Balaban J connectivity index is 2.34. The van der Waals surface area contributed by atoms with Crippen LogP contribution in [0.15, 0.2) is 54.6 Å². The summed E-state index contributed by atoms with van der Waals surface area (Å²) in [7, 11) is 0. The molecule has 4 heteroatoms. The number of nitrogens with zero attached hydrogens (tertiary/aromatic N) is 1. The van der Waals surface area contributed by atoms with Crippen molar-refractivity contribution in [1.82, 2.24) is 0 Å². The van der Waals surface area contributed by atoms with Crippen LogP contribution in [0.3, 0.4) is 0 Å². The maximum Gasteiger partial charge on any atom is 0.269 e. The van der Waals surface area contributed by atoms with Gasteiger partial charge in [-0.25, -0.2) is 0 Å². The summed E-state index contributed by atoms with van der Waals surface area (Å²) in [6.07, 6.45) is 0. The maximum atomic E-state index is 10.7. The van der Waals surface area contributed by atoms with Gasteiger partial charge in [-0.3, -0.25) is 10.1 Å². The summed E-state index contributed by atoms with van der Waals surface area (Å²) in [5, 5.41) is 10.3. The van der Waals surface area contributed by atoms with Crippen LogP contribution < -0.4 is 0 Å². The van der Waals surface area contributed by atoms with E-state index in [-0.39, 0.29) is 11.1 Å². The third-order valence-electron chi connectivity index (χ3n) is 2.47. The van der Waals surface area contributed by atoms with Crippen LogP contribution in [-0.2, 0) is 0 Å². The van der Waals surface area contributed by atoms with Gasteiger partial charge in [-0.15, -0.1) is 11.6 Å². The number of halogens is 1. The van der Waals surface area contributed by atoms with Crippen LogP contribution in [0.2, 0.25) is 0 Å². The Labute approximate surface area is 104 Å². The Bertz CT molecular complexity index is 528. The average molecular weight is 248 g/mol. The lowest BCUT2D eigenvalue weighted by molar-refractivity contribution is -0.384. The van der Waals surface area contributed by atoms with E-state index in [1.807, 2.05) is 30.3 Å². The van der Waals surface area contributed by atoms with Crippen LogP contribution in [0.25, 0.3) is 0 Å². The smallest absolute Gasteiger partial charge is 0.258 e. The number of hydrogen-bond acceptors (Lipinski definition) is 2. The van der Waals surface area contributed by atoms with Gasteiger partial charge < -0.3 is 0 Å². The minimum absolute atomic E-state index is 0.0593. The molecule has 0 heterocycles. The SMILES string of the molecule is O=[N+]([O-])c1cccc([C@@H](Cl)c2ccccc2)c1. The highest BCUT2D eigenvalue weighted by molar-refractivity contribution is 6.22. The van der Waals surface area contributed by atoms with E-state index in [1.165, 1.54) is 12.1 Å². The van der Waals surface area contributed by atoms with Gasteiger partial charge in [0.1, 0.15) is 0 Å². The monoisotopic (exact) mass is 247 g/mol. The number of hydrogen-bond donors (Lipinski definition) is 0. The zero-order chi connectivity index (χ0) is 12.3. The van der Waals surface area contributed by atoms with Gasteiger partial charge in [0, 0.05) is 12.1 Å². The molecule has 3 nitrogen and oxygen atoms in total. The van der Waals surface area contributed by atoms with E-state index >= 15 is 0 Å². The van der Waals surface area contributed by atoms with Crippen molar-refractivity contribution in [1.29, 1.82) is 0 Å². The molecule has 0 saturated heterocycles. The molecule has 17 heavy (non-hydrogen) atoms. The third kappa shape index (κ3) is 2.63. The molecule has 0 N–H and O–H groups in total. The zero-order valence-corrected chi connectivity index (χ0v) is 9.67. The van der Waals surface area contributed by atoms with E-state index < -0.39 is 4.92 Å². The topological polar surface area (TPSA) is 43.1 Å². The molecule has 0 spiro atoms. The van der Waals surface area contributed by atoms with Crippen molar-refractivity contribution < 1.29 is 4.92 Å². The fraction of sp³-hybridized carbons (Fsp3) is 0.0769. The summed E-state index contributed by atoms with van der Waals surface area (Å²) in [6.45, 7) is 0. The number of rotatable bonds is 3. The molecule has 1 atom stereocenters. The molecule has 2 aromatic carbocycles. The highest BCUT2D eigenvalue weighted by Gasteiger charge is 2.13. The molecule has 0 fully saturated rings. The molecule has 2 aromatic rings. The predicted octanol–water partition coefficient (Wildman–Crippen LogP) is 3.92. The first-order valence-electron chi connectivity index (χ1n) is 5.12. The van der Waals surface area contributed by atoms with Crippen LogP contribution >= 0.6 is 11.6 Å². The second kappa shape index (κ2) is 4.97. The molecule has 0 unspecified atom stereocenters. The molecular formula is C13H10ClNO2. The normalized spacial score (nSPS) is 12.1. The lowest BCUT2D eigenvalue weighted by Gasteiger charge is -2.09. The van der Waals surface area contributed by atoms with Gasteiger partial charge in [-0.1, -0.05) is 42.5 Å². The Morgan fingerprint density at radius 2 is 1.65 bits per heavy atom. The molecule has 0 amide bonds. The summed E-state index contributed by atoms with van der Waals surface area (Å²) in [5.74, 6) is 0. The summed E-state index contributed by atoms with van der Waals surface area (Å²) >= 11 is 6.29. The van der Waals surface area contributed by atoms with Crippen LogP contribution in [-0.4, -0.2) is 4.92 Å². The second-order valence-electron chi connectivity index (χ2n) is 3.63. The first-order chi connectivity index (χ1) is 8.18. The molecular weight excluding hydrogens is 238 g/mol. The fourth-order valence-electron chi connectivity index (χ4n) is 1.61. The molecule has 86 valence electrons. The van der Waals surface area contributed by atoms with Crippen molar-refractivity contribution in [2.24, 2.45) is 0 Å². The van der Waals surface area contributed by atoms with Gasteiger partial charge in [0.2, 0.25) is 0 Å². The minimum Gasteiger partial charge on any atom is -0.258 e. The van der Waals surface area contributed by atoms with Gasteiger partial charge in [0.25, 0.3) is 5.69 Å². The fourth-order valence-corrected chi connectivity index (χ4v) is 1.89. The number of nitro benzene ring substituents is 1. The largest absolute Gasteiger partial charge is 0.269 e. The van der Waals surface area contributed by atoms with E-state index in [9.17, 15) is 10.1 Å². The van der Waals surface area contributed by atoms with Gasteiger partial charge in [0.15, 0.2) is 0 Å². The first-order valence-corrected chi connectivity index (χ1v) is 5.55. The van der Waals surface area contributed by atoms with Crippen LogP contribution in [0, 0.1) is 10.1 Å². The van der Waals surface area contributed by atoms with E-state index in [2.05, 4.69) is 0 Å². The standard InChI is InChI=1S/C13H10ClNO2/c14-13(10-5-2-1-3-6-10)11-7-4-8-12(9-11)15(16)17/h1-9,13H/t13-/m0/s1. The number of non-ortho nitro benzene ring substituents is 1. The third-order valence-corrected chi connectivity index (χ3v) is 2.97. The average Bonchev–Trinajstić information content (AvgIpc) is 2.39. The first kappa shape index (κ1) is 11.6. The van der Waals surface area contributed by atoms with E-state index in [1.54, 1.807) is 12.1 Å². The van der Waals surface area contributed by atoms with E-state index in [0.717, 1.165) is 11.1 Å². The van der Waals surface area contributed by atoms with Crippen LogP contribution in [0.5, 0.6) is 0 Å². The second-order valence-corrected chi connectivity index (χ2v) is 4.06. The lowest BCUT2D eigenvalue weighted by atomic mass is 10.0.